The van der Waals surface area contributed by atoms with Gasteiger partial charge in [-0.05, 0) is 35.0 Å². The van der Waals surface area contributed by atoms with E-state index in [-0.39, 0.29) is 19.6 Å². The molecule has 134 valence electrons. The van der Waals surface area contributed by atoms with Crippen molar-refractivity contribution in [3.05, 3.63) is 29.5 Å². The van der Waals surface area contributed by atoms with Gasteiger partial charge < -0.3 is 15.2 Å². The number of hydrogen-bond acceptors (Lipinski definition) is 7. The van der Waals surface area contributed by atoms with Crippen molar-refractivity contribution >= 4 is 29.2 Å². The Balaban J connectivity index is 2.03. The molecule has 10 nitrogen and oxygen atoms in total. The molecule has 0 bridgehead atoms. The monoisotopic (exact) mass is 368 g/mol. The first-order valence-corrected chi connectivity index (χ1v) is 7.67. The molecule has 1 amide bonds. The van der Waals surface area contributed by atoms with Crippen molar-refractivity contribution in [1.29, 1.82) is 0 Å². The average Bonchev–Trinajstić information content (AvgIpc) is 3.09. The summed E-state index contributed by atoms with van der Waals surface area (Å²) >= 11 is 5.97. The van der Waals surface area contributed by atoms with Crippen LogP contribution in [0.15, 0.2) is 24.5 Å². The van der Waals surface area contributed by atoms with Gasteiger partial charge in [0.1, 0.15) is 12.4 Å². The van der Waals surface area contributed by atoms with E-state index in [1.54, 1.807) is 18.2 Å². The van der Waals surface area contributed by atoms with Gasteiger partial charge >= 0.3 is 5.97 Å². The third-order valence-electron chi connectivity index (χ3n) is 3.25. The number of tetrazole rings is 1. The summed E-state index contributed by atoms with van der Waals surface area (Å²) in [6.45, 7) is 0.0750. The Hall–Kier alpha value is -2.56. The maximum atomic E-state index is 12.1. The lowest BCUT2D eigenvalue weighted by Crippen LogP contribution is -2.41. The molecule has 0 saturated heterocycles. The number of halogens is 1. The minimum atomic E-state index is -1.05. The first-order valence-electron chi connectivity index (χ1n) is 7.29. The molecule has 0 spiro atoms. The van der Waals surface area contributed by atoms with Crippen molar-refractivity contribution in [2.24, 2.45) is 0 Å². The van der Waals surface area contributed by atoms with Crippen LogP contribution in [0.1, 0.15) is 6.42 Å². The lowest BCUT2D eigenvalue weighted by atomic mass is 10.2. The van der Waals surface area contributed by atoms with Gasteiger partial charge in [0, 0.05) is 18.7 Å². The number of nitrogens with one attached hydrogen (secondary N) is 2. The second kappa shape index (κ2) is 9.06. The zero-order chi connectivity index (χ0) is 18.2. The van der Waals surface area contributed by atoms with Crippen molar-refractivity contribution < 1.29 is 19.4 Å². The number of benzene rings is 1. The molecular formula is C14H17ClN6O4. The van der Waals surface area contributed by atoms with E-state index in [2.05, 4.69) is 26.2 Å². The molecule has 1 heterocycles. The summed E-state index contributed by atoms with van der Waals surface area (Å²) in [5.74, 6) is -1.48. The van der Waals surface area contributed by atoms with Crippen LogP contribution >= 0.6 is 11.6 Å². The predicted octanol–water partition coefficient (Wildman–Crippen LogP) is 0.333. The number of methoxy groups -OCH3 is 1. The van der Waals surface area contributed by atoms with E-state index in [0.717, 1.165) is 0 Å². The fraction of sp³-hybridized carbons (Fsp3) is 0.357. The number of ether oxygens (including phenoxy) is 1. The number of carboxylic acids is 1. The fourth-order valence-corrected chi connectivity index (χ4v) is 2.21. The lowest BCUT2D eigenvalue weighted by Gasteiger charge is -2.15. The van der Waals surface area contributed by atoms with Gasteiger partial charge in [-0.2, -0.15) is 4.68 Å². The number of nitrogens with zero attached hydrogens (tertiary/aromatic N) is 4. The van der Waals surface area contributed by atoms with Gasteiger partial charge in [-0.3, -0.25) is 14.9 Å². The maximum absolute atomic E-state index is 12.1. The van der Waals surface area contributed by atoms with Crippen LogP contribution in [-0.2, 0) is 14.3 Å². The van der Waals surface area contributed by atoms with Crippen molar-refractivity contribution in [1.82, 2.24) is 25.5 Å². The molecule has 3 N–H and O–H groups in total. The van der Waals surface area contributed by atoms with Crippen molar-refractivity contribution in [3.63, 3.8) is 0 Å². The Bertz CT molecular complexity index is 724. The number of carboxylic acid groups (broad SMARTS) is 1. The average molecular weight is 369 g/mol. The van der Waals surface area contributed by atoms with E-state index in [4.69, 9.17) is 21.4 Å². The van der Waals surface area contributed by atoms with Gasteiger partial charge in [0.2, 0.25) is 5.91 Å². The molecule has 25 heavy (non-hydrogen) atoms. The molecule has 0 aliphatic carbocycles. The van der Waals surface area contributed by atoms with Crippen LogP contribution < -0.4 is 10.6 Å². The zero-order valence-electron chi connectivity index (χ0n) is 13.3. The van der Waals surface area contributed by atoms with Crippen molar-refractivity contribution in [3.8, 4) is 5.69 Å². The molecule has 11 heteroatoms. The SMILES string of the molecule is COCC[C@H](NCC(=O)Nc1cc(Cl)ccc1-n1cnnn1)C(=O)O. The lowest BCUT2D eigenvalue weighted by molar-refractivity contribution is -0.140. The molecule has 0 aliphatic heterocycles. The summed E-state index contributed by atoms with van der Waals surface area (Å²) in [6, 6.07) is 3.96. The number of aromatic nitrogens is 4. The van der Waals surface area contributed by atoms with Gasteiger partial charge in [0.25, 0.3) is 0 Å². The molecule has 0 fully saturated rings. The number of carbonyl (C=O) groups is 2. The molecule has 0 unspecified atom stereocenters. The second-order valence-corrected chi connectivity index (χ2v) is 5.45. The summed E-state index contributed by atoms with van der Waals surface area (Å²) in [7, 11) is 1.48. The normalized spacial score (nSPS) is 11.9. The van der Waals surface area contributed by atoms with Gasteiger partial charge in [0.15, 0.2) is 0 Å². The van der Waals surface area contributed by atoms with Gasteiger partial charge in [0.05, 0.1) is 17.9 Å². The van der Waals surface area contributed by atoms with E-state index in [1.165, 1.54) is 18.1 Å². The van der Waals surface area contributed by atoms with Crippen LogP contribution in [0, 0.1) is 0 Å². The summed E-state index contributed by atoms with van der Waals surface area (Å²) in [5.41, 5.74) is 0.923. The molecule has 0 aliphatic rings. The summed E-state index contributed by atoms with van der Waals surface area (Å²) in [5, 5.41) is 25.7. The summed E-state index contributed by atoms with van der Waals surface area (Å²) < 4.78 is 6.23. The Morgan fingerprint density at radius 3 is 2.88 bits per heavy atom. The second-order valence-electron chi connectivity index (χ2n) is 5.02. The Kier molecular flexibility index (Phi) is 6.81. The molecule has 2 rings (SSSR count). The highest BCUT2D eigenvalue weighted by atomic mass is 35.5. The first-order chi connectivity index (χ1) is 12.0. The van der Waals surface area contributed by atoms with Crippen LogP contribution in [0.25, 0.3) is 5.69 Å². The number of rotatable bonds is 9. The van der Waals surface area contributed by atoms with Crippen LogP contribution in [0.5, 0.6) is 0 Å². The van der Waals surface area contributed by atoms with Crippen LogP contribution in [-0.4, -0.2) is 63.5 Å². The first kappa shape index (κ1) is 18.8. The summed E-state index contributed by atoms with van der Waals surface area (Å²) in [6.07, 6.45) is 1.62. The van der Waals surface area contributed by atoms with E-state index in [1.807, 2.05) is 0 Å². The highest BCUT2D eigenvalue weighted by molar-refractivity contribution is 6.31. The number of hydrogen-bond donors (Lipinski definition) is 3. The number of anilines is 1. The van der Waals surface area contributed by atoms with Gasteiger partial charge in [-0.25, -0.2) is 0 Å². The van der Waals surface area contributed by atoms with E-state index in [9.17, 15) is 9.59 Å². The Labute approximate surface area is 148 Å². The quantitative estimate of drug-likeness (QED) is 0.577. The fourth-order valence-electron chi connectivity index (χ4n) is 2.04. The standard InChI is InChI=1S/C14H17ClN6O4/c1-25-5-4-10(14(23)24)16-7-13(22)18-11-6-9(15)2-3-12(11)21-8-17-19-20-21/h2-3,6,8,10,16H,4-5,7H2,1H3,(H,18,22)(H,23,24)/t10-/m0/s1. The third-order valence-corrected chi connectivity index (χ3v) is 3.48. The number of aliphatic carboxylic acids is 1. The van der Waals surface area contributed by atoms with Gasteiger partial charge in [-0.1, -0.05) is 11.6 Å². The highest BCUT2D eigenvalue weighted by Gasteiger charge is 2.18. The molecule has 0 radical (unpaired) electrons. The van der Waals surface area contributed by atoms with Crippen molar-refractivity contribution in [2.75, 3.05) is 25.6 Å². The number of carbonyl (C=O) groups excluding carboxylic acids is 1. The maximum Gasteiger partial charge on any atom is 0.320 e. The molecule has 1 aromatic carbocycles. The van der Waals surface area contributed by atoms with Crippen LogP contribution in [0.4, 0.5) is 5.69 Å². The molecular weight excluding hydrogens is 352 g/mol. The van der Waals surface area contributed by atoms with Gasteiger partial charge in [-0.15, -0.1) is 5.10 Å². The molecule has 0 saturated carbocycles. The summed E-state index contributed by atoms with van der Waals surface area (Å²) in [4.78, 5) is 23.3. The molecule has 1 atom stereocenters. The van der Waals surface area contributed by atoms with E-state index < -0.39 is 17.9 Å². The van der Waals surface area contributed by atoms with Crippen LogP contribution in [0.2, 0.25) is 5.02 Å². The smallest absolute Gasteiger partial charge is 0.320 e. The topological polar surface area (TPSA) is 131 Å². The molecule has 2 aromatic rings. The molecule has 1 aromatic heterocycles. The predicted molar refractivity (Wildman–Crippen MR) is 88.7 cm³/mol. The van der Waals surface area contributed by atoms with Crippen molar-refractivity contribution in [2.45, 2.75) is 12.5 Å². The zero-order valence-corrected chi connectivity index (χ0v) is 14.1. The minimum Gasteiger partial charge on any atom is -0.480 e. The van der Waals surface area contributed by atoms with Crippen LogP contribution in [0.3, 0.4) is 0 Å². The Morgan fingerprint density at radius 1 is 1.44 bits per heavy atom. The highest BCUT2D eigenvalue weighted by Crippen LogP contribution is 2.23. The number of amides is 1. The Morgan fingerprint density at radius 2 is 2.24 bits per heavy atom. The minimum absolute atomic E-state index is 0.192. The largest absolute Gasteiger partial charge is 0.480 e. The van der Waals surface area contributed by atoms with E-state index >= 15 is 0 Å². The van der Waals surface area contributed by atoms with E-state index in [0.29, 0.717) is 16.4 Å². The third kappa shape index (κ3) is 5.48.